The van der Waals surface area contributed by atoms with Crippen LogP contribution in [0.15, 0.2) is 46.9 Å². The van der Waals surface area contributed by atoms with Crippen LogP contribution in [-0.4, -0.2) is 11.9 Å². The average Bonchev–Trinajstić information content (AvgIpc) is 2.80. The molecule has 1 heterocycles. The maximum atomic E-state index is 12.3. The summed E-state index contributed by atoms with van der Waals surface area (Å²) >= 11 is 3.40. The maximum Gasteiger partial charge on any atom is 0.167 e. The zero-order valence-electron chi connectivity index (χ0n) is 11.2. The lowest BCUT2D eigenvalue weighted by Crippen LogP contribution is -2.05. The minimum Gasteiger partial charge on any atom is -0.490 e. The van der Waals surface area contributed by atoms with Crippen LogP contribution in [0.25, 0.3) is 0 Å². The van der Waals surface area contributed by atoms with Gasteiger partial charge in [-0.3, -0.25) is 4.79 Å². The first kappa shape index (κ1) is 13.4. The normalized spacial score (nSPS) is 16.6. The molecule has 0 saturated heterocycles. The van der Waals surface area contributed by atoms with Crippen molar-refractivity contribution in [2.45, 2.75) is 25.9 Å². The van der Waals surface area contributed by atoms with Gasteiger partial charge in [0.05, 0.1) is 0 Å². The van der Waals surface area contributed by atoms with Crippen LogP contribution >= 0.6 is 15.9 Å². The summed E-state index contributed by atoms with van der Waals surface area (Å²) in [6.07, 6.45) is 1.53. The summed E-state index contributed by atoms with van der Waals surface area (Å²) in [5.74, 6) is 1.06. The van der Waals surface area contributed by atoms with Crippen LogP contribution < -0.4 is 4.74 Å². The third kappa shape index (κ3) is 2.78. The molecule has 0 amide bonds. The minimum absolute atomic E-state index is 0.148. The lowest BCUT2D eigenvalue weighted by atomic mass is 10.00. The zero-order valence-corrected chi connectivity index (χ0v) is 12.8. The molecule has 0 N–H and O–H groups in total. The first-order valence-corrected chi connectivity index (χ1v) is 7.48. The van der Waals surface area contributed by atoms with Gasteiger partial charge in [-0.2, -0.15) is 0 Å². The Morgan fingerprint density at radius 3 is 2.75 bits per heavy atom. The van der Waals surface area contributed by atoms with E-state index in [0.717, 1.165) is 33.3 Å². The van der Waals surface area contributed by atoms with E-state index in [2.05, 4.69) is 15.9 Å². The fourth-order valence-electron chi connectivity index (χ4n) is 2.49. The smallest absolute Gasteiger partial charge is 0.167 e. The van der Waals surface area contributed by atoms with Crippen LogP contribution in [-0.2, 0) is 12.8 Å². The first-order valence-electron chi connectivity index (χ1n) is 6.69. The number of benzene rings is 2. The summed E-state index contributed by atoms with van der Waals surface area (Å²) < 4.78 is 6.68. The number of ether oxygens (including phenoxy) is 1. The van der Waals surface area contributed by atoms with Crippen molar-refractivity contribution >= 4 is 21.7 Å². The molecule has 0 fully saturated rings. The number of ketones is 1. The molecule has 0 spiro atoms. The number of carbonyl (C=O) groups is 1. The number of hydrogen-bond donors (Lipinski definition) is 0. The quantitative estimate of drug-likeness (QED) is 0.788. The SMILES string of the molecule is CC1Cc2cc(C(=O)Cc3ccc(Br)cc3)ccc2O1. The summed E-state index contributed by atoms with van der Waals surface area (Å²) in [6.45, 7) is 2.04. The second-order valence-corrected chi connectivity index (χ2v) is 6.10. The first-order chi connectivity index (χ1) is 9.61. The van der Waals surface area contributed by atoms with E-state index in [-0.39, 0.29) is 11.9 Å². The molecular weight excluding hydrogens is 316 g/mol. The van der Waals surface area contributed by atoms with Crippen molar-refractivity contribution in [2.24, 2.45) is 0 Å². The van der Waals surface area contributed by atoms with E-state index in [1.807, 2.05) is 49.4 Å². The van der Waals surface area contributed by atoms with Gasteiger partial charge in [0.25, 0.3) is 0 Å². The van der Waals surface area contributed by atoms with Crippen molar-refractivity contribution in [1.82, 2.24) is 0 Å². The molecule has 1 atom stereocenters. The fraction of sp³-hybridized carbons (Fsp3) is 0.235. The number of carbonyl (C=O) groups excluding carboxylic acids is 1. The van der Waals surface area contributed by atoms with Crippen LogP contribution in [0.4, 0.5) is 0 Å². The van der Waals surface area contributed by atoms with E-state index in [0.29, 0.717) is 6.42 Å². The zero-order chi connectivity index (χ0) is 14.1. The largest absolute Gasteiger partial charge is 0.490 e. The van der Waals surface area contributed by atoms with Crippen molar-refractivity contribution in [3.05, 3.63) is 63.6 Å². The Kier molecular flexibility index (Phi) is 3.62. The van der Waals surface area contributed by atoms with Gasteiger partial charge in [-0.1, -0.05) is 28.1 Å². The standard InChI is InChI=1S/C17H15BrO2/c1-11-8-14-10-13(4-7-17(14)20-11)16(19)9-12-2-5-15(18)6-3-12/h2-7,10-11H,8-9H2,1H3. The van der Waals surface area contributed by atoms with Gasteiger partial charge in [0.1, 0.15) is 11.9 Å². The van der Waals surface area contributed by atoms with E-state index < -0.39 is 0 Å². The van der Waals surface area contributed by atoms with Crippen molar-refractivity contribution in [2.75, 3.05) is 0 Å². The molecule has 1 unspecified atom stereocenters. The van der Waals surface area contributed by atoms with E-state index in [1.54, 1.807) is 0 Å². The van der Waals surface area contributed by atoms with Gasteiger partial charge in [0.15, 0.2) is 5.78 Å². The topological polar surface area (TPSA) is 26.3 Å². The molecule has 2 aromatic carbocycles. The van der Waals surface area contributed by atoms with Crippen molar-refractivity contribution in [1.29, 1.82) is 0 Å². The fourth-order valence-corrected chi connectivity index (χ4v) is 2.75. The minimum atomic E-state index is 0.148. The summed E-state index contributed by atoms with van der Waals surface area (Å²) in [5.41, 5.74) is 2.94. The number of hydrogen-bond acceptors (Lipinski definition) is 2. The molecule has 1 aliphatic rings. The number of halogens is 1. The molecule has 3 heteroatoms. The molecule has 102 valence electrons. The molecule has 0 aromatic heterocycles. The van der Waals surface area contributed by atoms with Crippen LogP contribution in [0.5, 0.6) is 5.75 Å². The van der Waals surface area contributed by atoms with Gasteiger partial charge in [0, 0.05) is 22.9 Å². The molecule has 0 saturated carbocycles. The van der Waals surface area contributed by atoms with Gasteiger partial charge >= 0.3 is 0 Å². The Bertz CT molecular complexity index is 647. The highest BCUT2D eigenvalue weighted by Gasteiger charge is 2.20. The van der Waals surface area contributed by atoms with Crippen LogP contribution in [0.2, 0.25) is 0 Å². The molecule has 0 radical (unpaired) electrons. The van der Waals surface area contributed by atoms with Crippen molar-refractivity contribution in [3.63, 3.8) is 0 Å². The molecule has 20 heavy (non-hydrogen) atoms. The van der Waals surface area contributed by atoms with E-state index >= 15 is 0 Å². The van der Waals surface area contributed by atoms with Gasteiger partial charge in [-0.15, -0.1) is 0 Å². The molecule has 0 bridgehead atoms. The highest BCUT2D eigenvalue weighted by Crippen LogP contribution is 2.29. The third-order valence-corrected chi connectivity index (χ3v) is 4.02. The molecule has 1 aliphatic heterocycles. The summed E-state index contributed by atoms with van der Waals surface area (Å²) in [7, 11) is 0. The van der Waals surface area contributed by atoms with Gasteiger partial charge in [0.2, 0.25) is 0 Å². The summed E-state index contributed by atoms with van der Waals surface area (Å²) in [6, 6.07) is 13.6. The van der Waals surface area contributed by atoms with E-state index in [4.69, 9.17) is 4.74 Å². The van der Waals surface area contributed by atoms with Gasteiger partial charge < -0.3 is 4.74 Å². The van der Waals surface area contributed by atoms with Crippen molar-refractivity contribution < 1.29 is 9.53 Å². The van der Waals surface area contributed by atoms with E-state index in [9.17, 15) is 4.79 Å². The van der Waals surface area contributed by atoms with Gasteiger partial charge in [-0.05, 0) is 48.4 Å². The highest BCUT2D eigenvalue weighted by atomic mass is 79.9. The van der Waals surface area contributed by atoms with Crippen LogP contribution in [0.1, 0.15) is 28.4 Å². The Labute approximate surface area is 126 Å². The Balaban J connectivity index is 1.78. The number of fused-ring (bicyclic) bond motifs is 1. The monoisotopic (exact) mass is 330 g/mol. The lowest BCUT2D eigenvalue weighted by molar-refractivity contribution is 0.0993. The predicted molar refractivity (Wildman–Crippen MR) is 82.4 cm³/mol. The molecule has 2 aromatic rings. The highest BCUT2D eigenvalue weighted by molar-refractivity contribution is 9.10. The molecule has 0 aliphatic carbocycles. The number of Topliss-reactive ketones (excluding diaryl/α,β-unsaturated/α-hetero) is 1. The Morgan fingerprint density at radius 1 is 1.25 bits per heavy atom. The lowest BCUT2D eigenvalue weighted by Gasteiger charge is -2.04. The molecule has 2 nitrogen and oxygen atoms in total. The van der Waals surface area contributed by atoms with Crippen LogP contribution in [0.3, 0.4) is 0 Å². The second kappa shape index (κ2) is 5.41. The molecule has 3 rings (SSSR count). The average molecular weight is 331 g/mol. The second-order valence-electron chi connectivity index (χ2n) is 5.18. The maximum absolute atomic E-state index is 12.3. The predicted octanol–water partition coefficient (Wildman–Crippen LogP) is 4.20. The Hall–Kier alpha value is -1.61. The van der Waals surface area contributed by atoms with E-state index in [1.165, 1.54) is 0 Å². The van der Waals surface area contributed by atoms with Crippen molar-refractivity contribution in [3.8, 4) is 5.75 Å². The summed E-state index contributed by atoms with van der Waals surface area (Å²) in [4.78, 5) is 12.3. The Morgan fingerprint density at radius 2 is 2.00 bits per heavy atom. The van der Waals surface area contributed by atoms with Crippen LogP contribution in [0, 0.1) is 0 Å². The molecular formula is C17H15BrO2. The number of rotatable bonds is 3. The van der Waals surface area contributed by atoms with Gasteiger partial charge in [-0.25, -0.2) is 0 Å². The third-order valence-electron chi connectivity index (χ3n) is 3.50. The summed E-state index contributed by atoms with van der Waals surface area (Å²) in [5, 5.41) is 0.